The topological polar surface area (TPSA) is 83.5 Å². The third kappa shape index (κ3) is 4.52. The van der Waals surface area contributed by atoms with Crippen molar-refractivity contribution in [2.75, 3.05) is 13.2 Å². The van der Waals surface area contributed by atoms with E-state index >= 15 is 0 Å². The van der Waals surface area contributed by atoms with Crippen LogP contribution in [0.4, 0.5) is 0 Å². The van der Waals surface area contributed by atoms with E-state index in [2.05, 4.69) is 0 Å². The molecule has 7 heteroatoms. The molecule has 0 unspecified atom stereocenters. The Balaban J connectivity index is 1.57. The monoisotopic (exact) mass is 372 g/mol. The van der Waals surface area contributed by atoms with E-state index in [1.165, 1.54) is 32.9 Å². The predicted octanol–water partition coefficient (Wildman–Crippen LogP) is 3.32. The van der Waals surface area contributed by atoms with Crippen molar-refractivity contribution in [3.05, 3.63) is 45.5 Å². The number of carbonyl (C=O) groups excluding carboxylic acids is 2. The lowest BCUT2D eigenvalue weighted by Crippen LogP contribution is -2.34. The number of esters is 1. The SMILES string of the molecule is N#CCCN(Cc1ccco1)C(=O)COC(=O)c1cc2c(s1)CCCC2. The summed E-state index contributed by atoms with van der Waals surface area (Å²) < 4.78 is 10.5. The first-order valence-corrected chi connectivity index (χ1v) is 9.45. The number of rotatable bonds is 7. The van der Waals surface area contributed by atoms with Crippen LogP contribution in [-0.2, 0) is 28.9 Å². The number of hydrogen-bond acceptors (Lipinski definition) is 6. The smallest absolute Gasteiger partial charge is 0.348 e. The quantitative estimate of drug-likeness (QED) is 0.696. The summed E-state index contributed by atoms with van der Waals surface area (Å²) in [5.41, 5.74) is 1.23. The number of fused-ring (bicyclic) bond motifs is 1. The molecular weight excluding hydrogens is 352 g/mol. The predicted molar refractivity (Wildman–Crippen MR) is 95.6 cm³/mol. The molecule has 1 aliphatic rings. The van der Waals surface area contributed by atoms with Gasteiger partial charge in [-0.25, -0.2) is 4.79 Å². The number of aryl methyl sites for hydroxylation is 2. The van der Waals surface area contributed by atoms with Crippen molar-refractivity contribution in [3.8, 4) is 6.07 Å². The standard InChI is InChI=1S/C19H20N2O4S/c20-8-4-9-21(12-15-6-3-10-24-15)18(22)13-25-19(23)17-11-14-5-1-2-7-16(14)26-17/h3,6,10-11H,1-2,4-5,7,9,12-13H2. The van der Waals surface area contributed by atoms with Crippen molar-refractivity contribution in [1.82, 2.24) is 4.90 Å². The number of carbonyl (C=O) groups is 2. The molecule has 136 valence electrons. The molecule has 3 rings (SSSR count). The number of nitrogens with zero attached hydrogens (tertiary/aromatic N) is 2. The van der Waals surface area contributed by atoms with Gasteiger partial charge in [0.1, 0.15) is 10.6 Å². The summed E-state index contributed by atoms with van der Waals surface area (Å²) in [6.07, 6.45) is 6.05. The van der Waals surface area contributed by atoms with Crippen LogP contribution in [0.1, 0.15) is 45.1 Å². The van der Waals surface area contributed by atoms with E-state index in [0.29, 0.717) is 10.6 Å². The average Bonchev–Trinajstić information content (AvgIpc) is 3.32. The highest BCUT2D eigenvalue weighted by Gasteiger charge is 2.21. The van der Waals surface area contributed by atoms with Crippen LogP contribution in [0, 0.1) is 11.3 Å². The summed E-state index contributed by atoms with van der Waals surface area (Å²) in [5, 5.41) is 8.77. The van der Waals surface area contributed by atoms with Crippen molar-refractivity contribution in [2.45, 2.75) is 38.6 Å². The molecule has 0 N–H and O–H groups in total. The maximum absolute atomic E-state index is 12.4. The lowest BCUT2D eigenvalue weighted by atomic mass is 9.99. The third-order valence-corrected chi connectivity index (χ3v) is 5.51. The fourth-order valence-corrected chi connectivity index (χ4v) is 4.10. The average molecular weight is 372 g/mol. The fourth-order valence-electron chi connectivity index (χ4n) is 2.95. The summed E-state index contributed by atoms with van der Waals surface area (Å²) in [4.78, 5) is 27.9. The van der Waals surface area contributed by atoms with Gasteiger partial charge in [0.25, 0.3) is 5.91 Å². The minimum atomic E-state index is -0.462. The summed E-state index contributed by atoms with van der Waals surface area (Å²) in [6.45, 7) is 0.173. The Morgan fingerprint density at radius 1 is 1.35 bits per heavy atom. The second kappa shape index (κ2) is 8.68. The third-order valence-electron chi connectivity index (χ3n) is 4.30. The molecule has 1 amide bonds. The Labute approximate surface area is 156 Å². The highest BCUT2D eigenvalue weighted by Crippen LogP contribution is 2.30. The van der Waals surface area contributed by atoms with Gasteiger partial charge >= 0.3 is 5.97 Å². The van der Waals surface area contributed by atoms with E-state index < -0.39 is 5.97 Å². The van der Waals surface area contributed by atoms with Gasteiger partial charge in [-0.3, -0.25) is 4.79 Å². The number of amides is 1. The molecule has 6 nitrogen and oxygen atoms in total. The second-order valence-electron chi connectivity index (χ2n) is 6.15. The van der Waals surface area contributed by atoms with E-state index in [4.69, 9.17) is 14.4 Å². The van der Waals surface area contributed by atoms with E-state index in [1.54, 1.807) is 12.1 Å². The minimum absolute atomic E-state index is 0.206. The van der Waals surface area contributed by atoms with Crippen LogP contribution in [0.5, 0.6) is 0 Å². The zero-order valence-corrected chi connectivity index (χ0v) is 15.2. The molecule has 0 saturated heterocycles. The van der Waals surface area contributed by atoms with Crippen molar-refractivity contribution < 1.29 is 18.7 Å². The first kappa shape index (κ1) is 18.2. The Hall–Kier alpha value is -2.59. The molecular formula is C19H20N2O4S. The molecule has 2 aromatic rings. The zero-order chi connectivity index (χ0) is 18.4. The van der Waals surface area contributed by atoms with Crippen LogP contribution in [-0.4, -0.2) is 29.9 Å². The van der Waals surface area contributed by atoms with E-state index in [1.807, 2.05) is 12.1 Å². The zero-order valence-electron chi connectivity index (χ0n) is 14.4. The van der Waals surface area contributed by atoms with Gasteiger partial charge in [-0.05, 0) is 49.4 Å². The molecule has 0 bridgehead atoms. The molecule has 0 atom stereocenters. The lowest BCUT2D eigenvalue weighted by molar-refractivity contribution is -0.135. The van der Waals surface area contributed by atoms with Gasteiger partial charge in [0.05, 0.1) is 25.3 Å². The Bertz CT molecular complexity index is 781. The van der Waals surface area contributed by atoms with Crippen molar-refractivity contribution >= 4 is 23.2 Å². The number of nitriles is 1. The molecule has 1 aliphatic carbocycles. The summed E-state index contributed by atoms with van der Waals surface area (Å²) in [5.74, 6) is -0.184. The Morgan fingerprint density at radius 2 is 2.19 bits per heavy atom. The lowest BCUT2D eigenvalue weighted by Gasteiger charge is -2.20. The number of hydrogen-bond donors (Lipinski definition) is 0. The van der Waals surface area contributed by atoms with Crippen LogP contribution in [0.25, 0.3) is 0 Å². The van der Waals surface area contributed by atoms with Crippen LogP contribution < -0.4 is 0 Å². The van der Waals surface area contributed by atoms with Crippen molar-refractivity contribution in [1.29, 1.82) is 5.26 Å². The van der Waals surface area contributed by atoms with Crippen LogP contribution in [0.15, 0.2) is 28.9 Å². The molecule has 0 aromatic carbocycles. The molecule has 2 heterocycles. The van der Waals surface area contributed by atoms with E-state index in [9.17, 15) is 9.59 Å². The van der Waals surface area contributed by atoms with Crippen molar-refractivity contribution in [3.63, 3.8) is 0 Å². The number of thiophene rings is 1. The normalized spacial score (nSPS) is 12.9. The van der Waals surface area contributed by atoms with Gasteiger partial charge in [-0.15, -0.1) is 11.3 Å². The first-order valence-electron chi connectivity index (χ1n) is 8.63. The van der Waals surface area contributed by atoms with Gasteiger partial charge < -0.3 is 14.1 Å². The molecule has 2 aromatic heterocycles. The van der Waals surface area contributed by atoms with Gasteiger partial charge in [-0.1, -0.05) is 0 Å². The molecule has 0 spiro atoms. The fraction of sp³-hybridized carbons (Fsp3) is 0.421. The molecule has 0 saturated carbocycles. The maximum atomic E-state index is 12.4. The summed E-state index contributed by atoms with van der Waals surface area (Å²) in [6, 6.07) is 7.41. The highest BCUT2D eigenvalue weighted by molar-refractivity contribution is 7.14. The van der Waals surface area contributed by atoms with Crippen LogP contribution in [0.2, 0.25) is 0 Å². The molecule has 26 heavy (non-hydrogen) atoms. The Kier molecular flexibility index (Phi) is 6.08. The minimum Gasteiger partial charge on any atom is -0.467 e. The Morgan fingerprint density at radius 3 is 2.92 bits per heavy atom. The van der Waals surface area contributed by atoms with Crippen molar-refractivity contribution in [2.24, 2.45) is 0 Å². The van der Waals surface area contributed by atoms with Gasteiger partial charge in [-0.2, -0.15) is 5.26 Å². The number of ether oxygens (including phenoxy) is 1. The van der Waals surface area contributed by atoms with Crippen LogP contribution >= 0.6 is 11.3 Å². The van der Waals surface area contributed by atoms with Gasteiger partial charge in [0.15, 0.2) is 6.61 Å². The van der Waals surface area contributed by atoms with Crippen LogP contribution in [0.3, 0.4) is 0 Å². The molecule has 0 aliphatic heterocycles. The first-order chi connectivity index (χ1) is 12.7. The van der Waals surface area contributed by atoms with E-state index in [0.717, 1.165) is 25.7 Å². The summed E-state index contributed by atoms with van der Waals surface area (Å²) >= 11 is 1.46. The number of furan rings is 1. The van der Waals surface area contributed by atoms with E-state index in [-0.39, 0.29) is 32.0 Å². The summed E-state index contributed by atoms with van der Waals surface area (Å²) in [7, 11) is 0. The molecule has 0 fully saturated rings. The largest absolute Gasteiger partial charge is 0.467 e. The van der Waals surface area contributed by atoms with Gasteiger partial charge in [0.2, 0.25) is 0 Å². The molecule has 0 radical (unpaired) electrons. The van der Waals surface area contributed by atoms with Gasteiger partial charge in [0, 0.05) is 11.4 Å². The highest BCUT2D eigenvalue weighted by atomic mass is 32.1. The second-order valence-corrected chi connectivity index (χ2v) is 7.28. The maximum Gasteiger partial charge on any atom is 0.348 e.